The normalized spacial score (nSPS) is 15.0. The molecule has 86 valence electrons. The van der Waals surface area contributed by atoms with Gasteiger partial charge in [-0.3, -0.25) is 10.1 Å². The summed E-state index contributed by atoms with van der Waals surface area (Å²) in [4.78, 5) is 10.2. The number of rotatable bonds is 5. The van der Waals surface area contributed by atoms with Gasteiger partial charge in [0.2, 0.25) is 0 Å². The molecule has 0 aliphatic heterocycles. The lowest BCUT2D eigenvalue weighted by Crippen LogP contribution is -2.16. The molecule has 2 rings (SSSR count). The summed E-state index contributed by atoms with van der Waals surface area (Å²) in [5.74, 6) is 0.809. The third-order valence-corrected chi connectivity index (χ3v) is 2.75. The van der Waals surface area contributed by atoms with Crippen LogP contribution >= 0.6 is 0 Å². The van der Waals surface area contributed by atoms with Gasteiger partial charge in [0, 0.05) is 12.6 Å². The Kier molecular flexibility index (Phi) is 3.05. The van der Waals surface area contributed by atoms with Crippen LogP contribution in [0.5, 0.6) is 0 Å². The molecule has 3 N–H and O–H groups in total. The van der Waals surface area contributed by atoms with Crippen molar-refractivity contribution in [3.05, 3.63) is 33.9 Å². The third-order valence-electron chi connectivity index (χ3n) is 2.75. The SMILES string of the molecule is Nc1ccc(CNCC2CC2)cc1[N+](=O)[O-]. The van der Waals surface area contributed by atoms with Gasteiger partial charge < -0.3 is 11.1 Å². The molecule has 0 spiro atoms. The highest BCUT2D eigenvalue weighted by atomic mass is 16.6. The van der Waals surface area contributed by atoms with E-state index in [9.17, 15) is 10.1 Å². The van der Waals surface area contributed by atoms with Crippen molar-refractivity contribution in [2.24, 2.45) is 5.92 Å². The third kappa shape index (κ3) is 2.70. The van der Waals surface area contributed by atoms with E-state index < -0.39 is 4.92 Å². The standard InChI is InChI=1S/C11H15N3O2/c12-10-4-3-9(5-11(10)14(15)16)7-13-6-8-1-2-8/h3-5,8,13H,1-2,6-7,12H2. The zero-order valence-corrected chi connectivity index (χ0v) is 8.98. The van der Waals surface area contributed by atoms with Gasteiger partial charge >= 0.3 is 0 Å². The van der Waals surface area contributed by atoms with Gasteiger partial charge in [0.05, 0.1) is 4.92 Å². The van der Waals surface area contributed by atoms with Crippen LogP contribution in [0.1, 0.15) is 18.4 Å². The van der Waals surface area contributed by atoms with Crippen LogP contribution in [0.15, 0.2) is 18.2 Å². The number of benzene rings is 1. The van der Waals surface area contributed by atoms with Crippen LogP contribution < -0.4 is 11.1 Å². The number of nitro benzene ring substituents is 1. The van der Waals surface area contributed by atoms with E-state index in [1.807, 2.05) is 6.07 Å². The monoisotopic (exact) mass is 221 g/mol. The predicted octanol–water partition coefficient (Wildman–Crippen LogP) is 1.68. The molecule has 5 heteroatoms. The van der Waals surface area contributed by atoms with Crippen molar-refractivity contribution >= 4 is 11.4 Å². The molecule has 0 unspecified atom stereocenters. The first-order chi connectivity index (χ1) is 7.66. The summed E-state index contributed by atoms with van der Waals surface area (Å²) in [5.41, 5.74) is 6.63. The molecular weight excluding hydrogens is 206 g/mol. The first-order valence-corrected chi connectivity index (χ1v) is 5.40. The quantitative estimate of drug-likeness (QED) is 0.450. The Morgan fingerprint density at radius 1 is 1.50 bits per heavy atom. The summed E-state index contributed by atoms with van der Waals surface area (Å²) < 4.78 is 0. The van der Waals surface area contributed by atoms with Crippen molar-refractivity contribution < 1.29 is 4.92 Å². The molecule has 1 aliphatic rings. The van der Waals surface area contributed by atoms with Crippen molar-refractivity contribution in [2.45, 2.75) is 19.4 Å². The van der Waals surface area contributed by atoms with Gasteiger partial charge in [0.1, 0.15) is 5.69 Å². The second-order valence-electron chi connectivity index (χ2n) is 4.22. The minimum absolute atomic E-state index is 0.00859. The zero-order chi connectivity index (χ0) is 11.5. The van der Waals surface area contributed by atoms with Gasteiger partial charge in [-0.1, -0.05) is 6.07 Å². The van der Waals surface area contributed by atoms with Crippen LogP contribution in [0, 0.1) is 16.0 Å². The lowest BCUT2D eigenvalue weighted by Gasteiger charge is -2.04. The number of nitrogens with two attached hydrogens (primary N) is 1. The van der Waals surface area contributed by atoms with Crippen LogP contribution in [-0.2, 0) is 6.54 Å². The molecule has 0 heterocycles. The Hall–Kier alpha value is -1.62. The minimum atomic E-state index is -0.445. The largest absolute Gasteiger partial charge is 0.393 e. The molecule has 0 bridgehead atoms. The second-order valence-corrected chi connectivity index (χ2v) is 4.22. The molecule has 0 atom stereocenters. The highest BCUT2D eigenvalue weighted by Gasteiger charge is 2.20. The van der Waals surface area contributed by atoms with Gasteiger partial charge in [-0.05, 0) is 36.9 Å². The molecule has 0 amide bonds. The Balaban J connectivity index is 1.97. The fraction of sp³-hybridized carbons (Fsp3) is 0.455. The molecule has 5 nitrogen and oxygen atoms in total. The van der Waals surface area contributed by atoms with Gasteiger partial charge in [-0.25, -0.2) is 0 Å². The molecule has 1 aromatic rings. The molecule has 1 fully saturated rings. The predicted molar refractivity (Wildman–Crippen MR) is 61.9 cm³/mol. The first kappa shape index (κ1) is 10.9. The van der Waals surface area contributed by atoms with Gasteiger partial charge in [0.25, 0.3) is 5.69 Å². The van der Waals surface area contributed by atoms with Gasteiger partial charge in [0.15, 0.2) is 0 Å². The lowest BCUT2D eigenvalue weighted by molar-refractivity contribution is -0.384. The molecule has 0 radical (unpaired) electrons. The number of nitrogen functional groups attached to an aromatic ring is 1. The molecule has 0 aromatic heterocycles. The molecular formula is C11H15N3O2. The van der Waals surface area contributed by atoms with Crippen LogP contribution in [0.25, 0.3) is 0 Å². The average Bonchev–Trinajstić information content (AvgIpc) is 3.04. The number of hydrogen-bond acceptors (Lipinski definition) is 4. The van der Waals surface area contributed by atoms with E-state index in [2.05, 4.69) is 5.32 Å². The zero-order valence-electron chi connectivity index (χ0n) is 8.98. The molecule has 1 aliphatic carbocycles. The van der Waals surface area contributed by atoms with Crippen LogP contribution in [0.2, 0.25) is 0 Å². The number of anilines is 1. The first-order valence-electron chi connectivity index (χ1n) is 5.40. The Bertz CT molecular complexity index is 402. The summed E-state index contributed by atoms with van der Waals surface area (Å²) in [5, 5.41) is 14.0. The second kappa shape index (κ2) is 4.49. The number of nitro groups is 1. The fourth-order valence-corrected chi connectivity index (χ4v) is 1.60. The van der Waals surface area contributed by atoms with E-state index in [1.54, 1.807) is 6.07 Å². The van der Waals surface area contributed by atoms with Gasteiger partial charge in [-0.2, -0.15) is 0 Å². The van der Waals surface area contributed by atoms with Crippen LogP contribution in [-0.4, -0.2) is 11.5 Å². The summed E-state index contributed by atoms with van der Waals surface area (Å²) in [6, 6.07) is 4.95. The minimum Gasteiger partial charge on any atom is -0.393 e. The molecule has 1 saturated carbocycles. The highest BCUT2D eigenvalue weighted by Crippen LogP contribution is 2.28. The molecule has 0 saturated heterocycles. The Morgan fingerprint density at radius 2 is 2.25 bits per heavy atom. The molecule has 1 aromatic carbocycles. The van der Waals surface area contributed by atoms with Crippen molar-refractivity contribution in [3.63, 3.8) is 0 Å². The van der Waals surface area contributed by atoms with E-state index >= 15 is 0 Å². The summed E-state index contributed by atoms with van der Waals surface area (Å²) in [7, 11) is 0. The van der Waals surface area contributed by atoms with Crippen LogP contribution in [0.4, 0.5) is 11.4 Å². The fourth-order valence-electron chi connectivity index (χ4n) is 1.60. The van der Waals surface area contributed by atoms with Crippen molar-refractivity contribution in [3.8, 4) is 0 Å². The van der Waals surface area contributed by atoms with E-state index in [1.165, 1.54) is 18.9 Å². The van der Waals surface area contributed by atoms with Crippen molar-refractivity contribution in [1.82, 2.24) is 5.32 Å². The van der Waals surface area contributed by atoms with Crippen molar-refractivity contribution in [2.75, 3.05) is 12.3 Å². The topological polar surface area (TPSA) is 81.2 Å². The maximum Gasteiger partial charge on any atom is 0.292 e. The maximum atomic E-state index is 10.7. The van der Waals surface area contributed by atoms with E-state index in [4.69, 9.17) is 5.73 Å². The smallest absolute Gasteiger partial charge is 0.292 e. The summed E-state index contributed by atoms with van der Waals surface area (Å²) in [6.07, 6.45) is 2.60. The lowest BCUT2D eigenvalue weighted by atomic mass is 10.1. The summed E-state index contributed by atoms with van der Waals surface area (Å²) in [6.45, 7) is 1.66. The van der Waals surface area contributed by atoms with E-state index in [0.29, 0.717) is 6.54 Å². The Morgan fingerprint density at radius 3 is 2.88 bits per heavy atom. The number of nitrogens with one attached hydrogen (secondary N) is 1. The van der Waals surface area contributed by atoms with E-state index in [-0.39, 0.29) is 11.4 Å². The Labute approximate surface area is 93.8 Å². The number of hydrogen-bond donors (Lipinski definition) is 2. The van der Waals surface area contributed by atoms with Crippen molar-refractivity contribution in [1.29, 1.82) is 0 Å². The summed E-state index contributed by atoms with van der Waals surface area (Å²) >= 11 is 0. The molecule has 16 heavy (non-hydrogen) atoms. The van der Waals surface area contributed by atoms with Gasteiger partial charge in [-0.15, -0.1) is 0 Å². The number of nitrogens with zero attached hydrogens (tertiary/aromatic N) is 1. The van der Waals surface area contributed by atoms with Crippen LogP contribution in [0.3, 0.4) is 0 Å². The average molecular weight is 221 g/mol. The van der Waals surface area contributed by atoms with E-state index in [0.717, 1.165) is 18.0 Å². The maximum absolute atomic E-state index is 10.7. The highest BCUT2D eigenvalue weighted by molar-refractivity contribution is 5.59.